The predicted octanol–water partition coefficient (Wildman–Crippen LogP) is 1.95. The predicted molar refractivity (Wildman–Crippen MR) is 73.6 cm³/mol. The Hall–Kier alpha value is -3.37. The largest absolute Gasteiger partial charge is 0.494 e. The number of anilines is 1. The zero-order valence-electron chi connectivity index (χ0n) is 11.7. The van der Waals surface area contributed by atoms with Crippen LogP contribution in [0.3, 0.4) is 0 Å². The van der Waals surface area contributed by atoms with Crippen molar-refractivity contribution in [3.8, 4) is 35.5 Å². The lowest BCUT2D eigenvalue weighted by molar-refractivity contribution is 0.349. The average Bonchev–Trinajstić information content (AvgIpc) is 2.54. The van der Waals surface area contributed by atoms with Crippen LogP contribution in [0.1, 0.15) is 0 Å². The molecule has 1 aromatic carbocycles. The number of ether oxygens (including phenoxy) is 3. The molecular formula is C14H12N4O3. The van der Waals surface area contributed by atoms with Gasteiger partial charge >= 0.3 is 0 Å². The summed E-state index contributed by atoms with van der Waals surface area (Å²) >= 11 is 0. The number of benzene rings is 1. The second-order valence-corrected chi connectivity index (χ2v) is 3.62. The fourth-order valence-corrected chi connectivity index (χ4v) is 1.54. The Morgan fingerprint density at radius 3 is 1.81 bits per heavy atom. The fourth-order valence-electron chi connectivity index (χ4n) is 1.54. The summed E-state index contributed by atoms with van der Waals surface area (Å²) in [5, 5.41) is 29.4. The molecule has 0 saturated carbocycles. The molecule has 0 amide bonds. The van der Waals surface area contributed by atoms with E-state index < -0.39 is 0 Å². The van der Waals surface area contributed by atoms with Crippen molar-refractivity contribution in [1.29, 1.82) is 15.8 Å². The Morgan fingerprint density at radius 1 is 0.857 bits per heavy atom. The van der Waals surface area contributed by atoms with Gasteiger partial charge in [0.2, 0.25) is 0 Å². The Morgan fingerprint density at radius 2 is 1.38 bits per heavy atom. The Labute approximate surface area is 122 Å². The summed E-state index contributed by atoms with van der Waals surface area (Å²) in [4.78, 5) is 0. The summed E-state index contributed by atoms with van der Waals surface area (Å²) < 4.78 is 15.5. The molecule has 0 saturated heterocycles. The molecule has 7 nitrogen and oxygen atoms in total. The molecule has 0 fully saturated rings. The molecule has 1 aromatic rings. The van der Waals surface area contributed by atoms with Gasteiger partial charge in [-0.1, -0.05) is 0 Å². The highest BCUT2D eigenvalue weighted by Gasteiger charge is 2.14. The molecule has 0 atom stereocenters. The van der Waals surface area contributed by atoms with Crippen molar-refractivity contribution < 1.29 is 14.2 Å². The summed E-state index contributed by atoms with van der Waals surface area (Å²) in [6.45, 7) is 0. The van der Waals surface area contributed by atoms with Crippen LogP contribution in [0.2, 0.25) is 0 Å². The van der Waals surface area contributed by atoms with Gasteiger partial charge in [0.25, 0.3) is 0 Å². The summed E-state index contributed by atoms with van der Waals surface area (Å²) in [6.07, 6.45) is 0. The van der Waals surface area contributed by atoms with Gasteiger partial charge in [-0.05, 0) is 0 Å². The van der Waals surface area contributed by atoms with Crippen molar-refractivity contribution in [3.63, 3.8) is 0 Å². The maximum absolute atomic E-state index is 9.04. The van der Waals surface area contributed by atoms with Crippen molar-refractivity contribution in [2.75, 3.05) is 26.6 Å². The van der Waals surface area contributed by atoms with Crippen LogP contribution in [0.25, 0.3) is 0 Å². The van der Waals surface area contributed by atoms with E-state index in [0.29, 0.717) is 22.9 Å². The van der Waals surface area contributed by atoms with E-state index in [-0.39, 0.29) is 11.3 Å². The van der Waals surface area contributed by atoms with Gasteiger partial charge in [0, 0.05) is 12.1 Å². The highest BCUT2D eigenvalue weighted by Crippen LogP contribution is 2.38. The lowest BCUT2D eigenvalue weighted by Gasteiger charge is -2.14. The Kier molecular flexibility index (Phi) is 5.43. The van der Waals surface area contributed by atoms with Gasteiger partial charge < -0.3 is 19.5 Å². The first kappa shape index (κ1) is 15.7. The zero-order chi connectivity index (χ0) is 15.8. The van der Waals surface area contributed by atoms with Gasteiger partial charge in [-0.25, -0.2) is 0 Å². The summed E-state index contributed by atoms with van der Waals surface area (Å²) in [6, 6.07) is 8.17. The van der Waals surface area contributed by atoms with Crippen LogP contribution in [0.4, 0.5) is 5.69 Å². The van der Waals surface area contributed by atoms with E-state index >= 15 is 0 Å². The van der Waals surface area contributed by atoms with Crippen LogP contribution in [0, 0.1) is 34.0 Å². The topological polar surface area (TPSA) is 111 Å². The first-order valence-electron chi connectivity index (χ1n) is 5.66. The number of allylic oxidation sites excluding steroid dienone is 2. The van der Waals surface area contributed by atoms with E-state index in [9.17, 15) is 0 Å². The van der Waals surface area contributed by atoms with E-state index in [2.05, 4.69) is 5.32 Å². The van der Waals surface area contributed by atoms with Crippen molar-refractivity contribution in [3.05, 3.63) is 23.4 Å². The molecule has 7 heteroatoms. The molecule has 106 valence electrons. The van der Waals surface area contributed by atoms with Crippen molar-refractivity contribution in [1.82, 2.24) is 0 Å². The Balaban J connectivity index is 3.38. The number of methoxy groups -OCH3 is 3. The molecule has 0 aliphatic carbocycles. The summed E-state index contributed by atoms with van der Waals surface area (Å²) in [5.41, 5.74) is -0.130. The number of hydrogen-bond donors (Lipinski definition) is 1. The third kappa shape index (κ3) is 3.34. The van der Waals surface area contributed by atoms with Crippen molar-refractivity contribution in [2.24, 2.45) is 0 Å². The smallest absolute Gasteiger partial charge is 0.164 e. The minimum absolute atomic E-state index is 0.175. The zero-order valence-corrected chi connectivity index (χ0v) is 11.7. The second-order valence-electron chi connectivity index (χ2n) is 3.62. The first-order valence-corrected chi connectivity index (χ1v) is 5.66. The SMILES string of the molecule is COc1cc(OC)c(OC)cc1NC(C#N)=C(C#N)C#N. The van der Waals surface area contributed by atoms with Crippen LogP contribution >= 0.6 is 0 Å². The van der Waals surface area contributed by atoms with Crippen LogP contribution in [-0.4, -0.2) is 21.3 Å². The maximum Gasteiger partial charge on any atom is 0.164 e. The normalized spacial score (nSPS) is 8.57. The van der Waals surface area contributed by atoms with E-state index in [1.807, 2.05) is 0 Å². The summed E-state index contributed by atoms with van der Waals surface area (Å²) in [7, 11) is 4.39. The van der Waals surface area contributed by atoms with E-state index in [1.54, 1.807) is 30.3 Å². The number of hydrogen-bond acceptors (Lipinski definition) is 7. The summed E-state index contributed by atoms with van der Waals surface area (Å²) in [5.74, 6) is 1.23. The highest BCUT2D eigenvalue weighted by atomic mass is 16.5. The lowest BCUT2D eigenvalue weighted by atomic mass is 10.2. The Bertz CT molecular complexity index is 674. The molecule has 0 aromatic heterocycles. The van der Waals surface area contributed by atoms with Gasteiger partial charge in [-0.15, -0.1) is 0 Å². The van der Waals surface area contributed by atoms with Gasteiger partial charge in [0.15, 0.2) is 17.1 Å². The fraction of sp³-hybridized carbons (Fsp3) is 0.214. The molecule has 0 unspecified atom stereocenters. The maximum atomic E-state index is 9.04. The molecule has 1 rings (SSSR count). The van der Waals surface area contributed by atoms with Crippen LogP contribution < -0.4 is 19.5 Å². The van der Waals surface area contributed by atoms with Gasteiger partial charge in [0.1, 0.15) is 29.7 Å². The van der Waals surface area contributed by atoms with E-state index in [4.69, 9.17) is 30.0 Å². The molecular weight excluding hydrogens is 272 g/mol. The molecule has 0 aliphatic rings. The number of nitrogens with one attached hydrogen (secondary N) is 1. The number of nitrogens with zero attached hydrogens (tertiary/aromatic N) is 3. The number of nitriles is 3. The van der Waals surface area contributed by atoms with Crippen LogP contribution in [0.5, 0.6) is 17.2 Å². The minimum Gasteiger partial charge on any atom is -0.494 e. The minimum atomic E-state index is -0.325. The van der Waals surface area contributed by atoms with Crippen LogP contribution in [-0.2, 0) is 0 Å². The second kappa shape index (κ2) is 7.28. The van der Waals surface area contributed by atoms with Crippen LogP contribution in [0.15, 0.2) is 23.4 Å². The monoisotopic (exact) mass is 284 g/mol. The molecule has 21 heavy (non-hydrogen) atoms. The third-order valence-corrected chi connectivity index (χ3v) is 2.55. The van der Waals surface area contributed by atoms with E-state index in [1.165, 1.54) is 21.3 Å². The molecule has 0 aliphatic heterocycles. The molecule has 0 radical (unpaired) electrons. The lowest BCUT2D eigenvalue weighted by Crippen LogP contribution is -2.03. The molecule has 0 spiro atoms. The first-order chi connectivity index (χ1) is 10.1. The quantitative estimate of drug-likeness (QED) is 0.822. The molecule has 0 heterocycles. The van der Waals surface area contributed by atoms with Gasteiger partial charge in [-0.3, -0.25) is 0 Å². The van der Waals surface area contributed by atoms with Gasteiger partial charge in [-0.2, -0.15) is 15.8 Å². The third-order valence-electron chi connectivity index (χ3n) is 2.55. The van der Waals surface area contributed by atoms with E-state index in [0.717, 1.165) is 0 Å². The van der Waals surface area contributed by atoms with Gasteiger partial charge in [0.05, 0.1) is 27.0 Å². The highest BCUT2D eigenvalue weighted by molar-refractivity contribution is 5.69. The molecule has 1 N–H and O–H groups in total. The number of rotatable bonds is 5. The van der Waals surface area contributed by atoms with Crippen molar-refractivity contribution >= 4 is 5.69 Å². The standard InChI is InChI=1S/C14H12N4O3/c1-19-12-5-14(21-3)13(20-2)4-10(12)18-11(8-17)9(6-15)7-16/h4-5,18H,1-3H3. The average molecular weight is 284 g/mol. The van der Waals surface area contributed by atoms with Crippen molar-refractivity contribution in [2.45, 2.75) is 0 Å². The molecule has 0 bridgehead atoms.